The number of ether oxygens (including phenoxy) is 1. The van der Waals surface area contributed by atoms with Crippen LogP contribution in [0.25, 0.3) is 0 Å². The smallest absolute Gasteiger partial charge is 0.244 e. The lowest BCUT2D eigenvalue weighted by Gasteiger charge is -2.36. The van der Waals surface area contributed by atoms with Gasteiger partial charge in [-0.05, 0) is 18.6 Å². The molecule has 2 heterocycles. The van der Waals surface area contributed by atoms with E-state index in [1.165, 1.54) is 6.07 Å². The molecular weight excluding hydrogens is 323 g/mol. The summed E-state index contributed by atoms with van der Waals surface area (Å²) < 4.78 is 18.9. The lowest BCUT2D eigenvalue weighted by atomic mass is 10.2. The second kappa shape index (κ2) is 8.57. The first kappa shape index (κ1) is 17.3. The molecule has 0 atom stereocenters. The van der Waals surface area contributed by atoms with E-state index in [9.17, 15) is 4.39 Å². The molecule has 8 heteroatoms. The number of aromatic nitrogens is 3. The number of hydrogen-bond acceptors (Lipinski definition) is 7. The van der Waals surface area contributed by atoms with E-state index < -0.39 is 0 Å². The number of methoxy groups -OCH3 is 1. The Balaban J connectivity index is 1.56. The van der Waals surface area contributed by atoms with E-state index >= 15 is 0 Å². The van der Waals surface area contributed by atoms with Gasteiger partial charge in [-0.3, -0.25) is 0 Å². The Labute approximate surface area is 146 Å². The summed E-state index contributed by atoms with van der Waals surface area (Å²) in [6.45, 7) is 4.42. The van der Waals surface area contributed by atoms with E-state index in [0.29, 0.717) is 18.2 Å². The minimum atomic E-state index is -0.179. The lowest BCUT2D eigenvalue weighted by molar-refractivity contribution is 0.197. The molecule has 1 N–H and O–H groups in total. The zero-order valence-corrected chi connectivity index (χ0v) is 14.4. The molecule has 0 unspecified atom stereocenters. The Bertz CT molecular complexity index is 678. The molecule has 0 amide bonds. The third kappa shape index (κ3) is 4.54. The summed E-state index contributed by atoms with van der Waals surface area (Å²) in [5.74, 6) is 1.13. The molecule has 1 aromatic carbocycles. The van der Waals surface area contributed by atoms with Gasteiger partial charge < -0.3 is 19.9 Å². The summed E-state index contributed by atoms with van der Waals surface area (Å²) in [6.07, 6.45) is 2.55. The number of para-hydroxylation sites is 1. The van der Waals surface area contributed by atoms with Gasteiger partial charge >= 0.3 is 0 Å². The molecule has 134 valence electrons. The van der Waals surface area contributed by atoms with E-state index in [1.54, 1.807) is 19.4 Å². The van der Waals surface area contributed by atoms with Crippen LogP contribution in [-0.4, -0.2) is 61.6 Å². The first-order valence-electron chi connectivity index (χ1n) is 8.45. The molecule has 0 bridgehead atoms. The minimum absolute atomic E-state index is 0.179. The summed E-state index contributed by atoms with van der Waals surface area (Å²) in [7, 11) is 1.68. The molecule has 3 rings (SSSR count). The Kier molecular flexibility index (Phi) is 5.95. The SMILES string of the molecule is COCCCNc1nncc(N2CCN(c3ccccc3F)CC2)n1. The van der Waals surface area contributed by atoms with Gasteiger partial charge in [0.05, 0.1) is 11.9 Å². The van der Waals surface area contributed by atoms with Gasteiger partial charge in [-0.25, -0.2) is 4.39 Å². The Morgan fingerprint density at radius 3 is 2.68 bits per heavy atom. The van der Waals surface area contributed by atoms with Gasteiger partial charge in [0, 0.05) is 46.4 Å². The first-order valence-corrected chi connectivity index (χ1v) is 8.45. The topological polar surface area (TPSA) is 66.4 Å². The van der Waals surface area contributed by atoms with Crippen LogP contribution in [0.5, 0.6) is 0 Å². The molecule has 25 heavy (non-hydrogen) atoms. The number of hydrogen-bond donors (Lipinski definition) is 1. The molecule has 0 spiro atoms. The van der Waals surface area contributed by atoms with Crippen molar-refractivity contribution in [1.29, 1.82) is 0 Å². The second-order valence-corrected chi connectivity index (χ2v) is 5.84. The molecule has 7 nitrogen and oxygen atoms in total. The molecule has 2 aromatic rings. The van der Waals surface area contributed by atoms with Gasteiger partial charge in [0.15, 0.2) is 5.82 Å². The van der Waals surface area contributed by atoms with Crippen LogP contribution in [0.1, 0.15) is 6.42 Å². The van der Waals surface area contributed by atoms with E-state index in [2.05, 4.69) is 30.3 Å². The van der Waals surface area contributed by atoms with E-state index in [0.717, 1.165) is 45.0 Å². The van der Waals surface area contributed by atoms with E-state index in [4.69, 9.17) is 4.74 Å². The quantitative estimate of drug-likeness (QED) is 0.767. The predicted molar refractivity (Wildman–Crippen MR) is 95.6 cm³/mol. The van der Waals surface area contributed by atoms with E-state index in [1.807, 2.05) is 12.1 Å². The molecule has 1 aliphatic rings. The Morgan fingerprint density at radius 2 is 1.92 bits per heavy atom. The van der Waals surface area contributed by atoms with Crippen LogP contribution in [0, 0.1) is 5.82 Å². The van der Waals surface area contributed by atoms with Crippen LogP contribution < -0.4 is 15.1 Å². The fourth-order valence-electron chi connectivity index (χ4n) is 2.82. The number of nitrogens with zero attached hydrogens (tertiary/aromatic N) is 5. The Morgan fingerprint density at radius 1 is 1.16 bits per heavy atom. The van der Waals surface area contributed by atoms with Crippen LogP contribution in [0.15, 0.2) is 30.5 Å². The Hall–Kier alpha value is -2.48. The van der Waals surface area contributed by atoms with Crippen LogP contribution in [0.4, 0.5) is 21.8 Å². The average Bonchev–Trinajstić information content (AvgIpc) is 2.66. The highest BCUT2D eigenvalue weighted by Gasteiger charge is 2.20. The molecule has 0 radical (unpaired) electrons. The van der Waals surface area contributed by atoms with Crippen LogP contribution in [0.2, 0.25) is 0 Å². The predicted octanol–water partition coefficient (Wildman–Crippen LogP) is 1.79. The zero-order valence-electron chi connectivity index (χ0n) is 14.4. The van der Waals surface area contributed by atoms with Crippen LogP contribution in [0.3, 0.4) is 0 Å². The van der Waals surface area contributed by atoms with Gasteiger partial charge in [0.25, 0.3) is 0 Å². The number of rotatable bonds is 7. The highest BCUT2D eigenvalue weighted by molar-refractivity contribution is 5.50. The third-order valence-corrected chi connectivity index (χ3v) is 4.15. The number of nitrogens with one attached hydrogen (secondary N) is 1. The summed E-state index contributed by atoms with van der Waals surface area (Å²) in [5.41, 5.74) is 0.656. The van der Waals surface area contributed by atoms with Crippen molar-refractivity contribution in [2.45, 2.75) is 6.42 Å². The van der Waals surface area contributed by atoms with Gasteiger partial charge in [-0.2, -0.15) is 10.1 Å². The maximum Gasteiger partial charge on any atom is 0.244 e. The summed E-state index contributed by atoms with van der Waals surface area (Å²) in [4.78, 5) is 8.72. The maximum atomic E-state index is 13.9. The lowest BCUT2D eigenvalue weighted by Crippen LogP contribution is -2.47. The molecule has 1 aliphatic heterocycles. The second-order valence-electron chi connectivity index (χ2n) is 5.84. The van der Waals surface area contributed by atoms with Gasteiger partial charge in [-0.15, -0.1) is 5.10 Å². The molecule has 0 aliphatic carbocycles. The maximum absolute atomic E-state index is 13.9. The van der Waals surface area contributed by atoms with Crippen LogP contribution in [-0.2, 0) is 4.74 Å². The van der Waals surface area contributed by atoms with Crippen molar-refractivity contribution >= 4 is 17.5 Å². The van der Waals surface area contributed by atoms with Gasteiger partial charge in [-0.1, -0.05) is 12.1 Å². The number of halogens is 1. The molecule has 0 saturated carbocycles. The van der Waals surface area contributed by atoms with Crippen molar-refractivity contribution in [2.24, 2.45) is 0 Å². The molecule has 1 aromatic heterocycles. The number of piperazine rings is 1. The fraction of sp³-hybridized carbons (Fsp3) is 0.471. The van der Waals surface area contributed by atoms with Crippen molar-refractivity contribution in [3.05, 3.63) is 36.3 Å². The minimum Gasteiger partial charge on any atom is -0.385 e. The normalized spacial score (nSPS) is 14.6. The van der Waals surface area contributed by atoms with Crippen LogP contribution >= 0.6 is 0 Å². The first-order chi connectivity index (χ1) is 12.3. The monoisotopic (exact) mass is 346 g/mol. The molecular formula is C17H23FN6O. The summed E-state index contributed by atoms with van der Waals surface area (Å²) in [6, 6.07) is 6.89. The van der Waals surface area contributed by atoms with Crippen molar-refractivity contribution in [3.63, 3.8) is 0 Å². The summed E-state index contributed by atoms with van der Waals surface area (Å²) >= 11 is 0. The average molecular weight is 346 g/mol. The van der Waals surface area contributed by atoms with Crippen molar-refractivity contribution in [1.82, 2.24) is 15.2 Å². The zero-order chi connectivity index (χ0) is 17.5. The van der Waals surface area contributed by atoms with Gasteiger partial charge in [0.2, 0.25) is 5.95 Å². The standard InChI is InChI=1S/C17H23FN6O/c1-25-12-4-7-19-17-21-16(13-20-22-17)24-10-8-23(9-11-24)15-6-3-2-5-14(15)18/h2-3,5-6,13H,4,7-12H2,1H3,(H,19,21,22). The largest absolute Gasteiger partial charge is 0.385 e. The number of benzene rings is 1. The van der Waals surface area contributed by atoms with Crippen molar-refractivity contribution in [2.75, 3.05) is 61.6 Å². The van der Waals surface area contributed by atoms with Gasteiger partial charge in [0.1, 0.15) is 5.82 Å². The highest BCUT2D eigenvalue weighted by atomic mass is 19.1. The number of anilines is 3. The molecule has 1 saturated heterocycles. The van der Waals surface area contributed by atoms with Crippen molar-refractivity contribution < 1.29 is 9.13 Å². The fourth-order valence-corrected chi connectivity index (χ4v) is 2.82. The molecule has 1 fully saturated rings. The third-order valence-electron chi connectivity index (χ3n) is 4.15. The van der Waals surface area contributed by atoms with Crippen molar-refractivity contribution in [3.8, 4) is 0 Å². The summed E-state index contributed by atoms with van der Waals surface area (Å²) in [5, 5.41) is 11.2. The highest BCUT2D eigenvalue weighted by Crippen LogP contribution is 2.21. The van der Waals surface area contributed by atoms with E-state index in [-0.39, 0.29) is 5.82 Å².